The number of piperazine rings is 1. The number of rotatable bonds is 6. The molecule has 0 saturated carbocycles. The van der Waals surface area contributed by atoms with Gasteiger partial charge in [-0.25, -0.2) is 23.2 Å². The molecule has 2 atom stereocenters. The average molecular weight is 695 g/mol. The van der Waals surface area contributed by atoms with Crippen LogP contribution in [-0.4, -0.2) is 102 Å². The van der Waals surface area contributed by atoms with E-state index in [0.717, 1.165) is 17.3 Å². The lowest BCUT2D eigenvalue weighted by atomic mass is 10.0. The van der Waals surface area contributed by atoms with E-state index in [1.807, 2.05) is 32.9 Å². The molecule has 3 aromatic rings. The zero-order valence-corrected chi connectivity index (χ0v) is 27.4. The summed E-state index contributed by atoms with van der Waals surface area (Å²) in [7, 11) is -3.96. The van der Waals surface area contributed by atoms with Crippen LogP contribution in [0.1, 0.15) is 41.6 Å². The van der Waals surface area contributed by atoms with E-state index in [9.17, 15) is 36.3 Å². The number of sulfone groups is 1. The van der Waals surface area contributed by atoms with Crippen LogP contribution in [0.4, 0.5) is 35.3 Å². The van der Waals surface area contributed by atoms with E-state index in [-0.39, 0.29) is 64.2 Å². The standard InChI is InChI=1S/C30H33F3N6O6S2/c1-4-18-9-19(37-12-16(2)39(29(41)42)17(3)13-37)5-6-22(18)35-28-34-11-21(30(31,32)33)25(36-28)23-10-24-26(46-23)27(40)38(20-14-45-15-20)7-8-47(24,43)44/h5-6,9-11,16-17,20H,4,7-8,12-15H2,1-3H3,(H,41,42)(H,34,35,36)/t16-,17+. The maximum atomic E-state index is 14.2. The second-order valence-corrected chi connectivity index (χ2v) is 15.0. The SMILES string of the molecule is CCc1cc(N2C[C@@H](C)N(C(=O)O)[C@@H](C)C2)ccc1Nc1ncc(C(F)(F)F)c(-c2cc3c(s2)C(=O)N(C2COC2)CCS3(=O)=O)n1. The Morgan fingerprint density at radius 1 is 1.17 bits per heavy atom. The fraction of sp³-hybridized carbons (Fsp3) is 0.467. The van der Waals surface area contributed by atoms with Crippen LogP contribution in [0.2, 0.25) is 0 Å². The molecular weight excluding hydrogens is 661 g/mol. The molecule has 2 saturated heterocycles. The molecule has 6 rings (SSSR count). The Morgan fingerprint density at radius 2 is 1.87 bits per heavy atom. The summed E-state index contributed by atoms with van der Waals surface area (Å²) in [4.78, 5) is 37.6. The van der Waals surface area contributed by atoms with Crippen molar-refractivity contribution in [2.75, 3.05) is 48.8 Å². The Bertz CT molecular complexity index is 1820. The number of nitrogens with zero attached hydrogens (tertiary/aromatic N) is 5. The van der Waals surface area contributed by atoms with E-state index < -0.39 is 39.3 Å². The van der Waals surface area contributed by atoms with Gasteiger partial charge in [0.15, 0.2) is 9.84 Å². The molecule has 2 aromatic heterocycles. The quantitative estimate of drug-likeness (QED) is 0.371. The molecule has 252 valence electrons. The van der Waals surface area contributed by atoms with Crippen molar-refractivity contribution < 1.29 is 41.0 Å². The topological polar surface area (TPSA) is 145 Å². The Labute approximate surface area is 273 Å². The van der Waals surface area contributed by atoms with Crippen molar-refractivity contribution in [3.63, 3.8) is 0 Å². The van der Waals surface area contributed by atoms with Crippen molar-refractivity contribution in [1.29, 1.82) is 0 Å². The molecule has 3 aliphatic heterocycles. The minimum Gasteiger partial charge on any atom is -0.465 e. The number of amides is 2. The van der Waals surface area contributed by atoms with E-state index in [0.29, 0.717) is 42.7 Å². The van der Waals surface area contributed by atoms with Crippen LogP contribution in [0.15, 0.2) is 35.4 Å². The molecule has 2 amide bonds. The van der Waals surface area contributed by atoms with Gasteiger partial charge in [-0.2, -0.15) is 13.2 Å². The van der Waals surface area contributed by atoms with Crippen LogP contribution in [-0.2, 0) is 27.2 Å². The van der Waals surface area contributed by atoms with Crippen molar-refractivity contribution in [3.05, 3.63) is 46.5 Å². The van der Waals surface area contributed by atoms with Gasteiger partial charge in [0.1, 0.15) is 10.4 Å². The van der Waals surface area contributed by atoms with Crippen molar-refractivity contribution in [3.8, 4) is 10.6 Å². The molecule has 0 unspecified atom stereocenters. The van der Waals surface area contributed by atoms with Crippen LogP contribution < -0.4 is 10.2 Å². The number of carbonyl (C=O) groups is 2. The largest absolute Gasteiger partial charge is 0.465 e. The summed E-state index contributed by atoms with van der Waals surface area (Å²) in [5, 5.41) is 12.6. The first-order valence-corrected chi connectivity index (χ1v) is 17.5. The summed E-state index contributed by atoms with van der Waals surface area (Å²) in [6, 6.07) is 5.90. The average Bonchev–Trinajstić information content (AvgIpc) is 3.40. The second-order valence-electron chi connectivity index (χ2n) is 11.9. The first-order chi connectivity index (χ1) is 22.2. The summed E-state index contributed by atoms with van der Waals surface area (Å²) >= 11 is 0.666. The van der Waals surface area contributed by atoms with Crippen LogP contribution in [0.5, 0.6) is 0 Å². The van der Waals surface area contributed by atoms with E-state index in [4.69, 9.17) is 4.74 Å². The van der Waals surface area contributed by atoms with Gasteiger partial charge in [0, 0.05) is 37.2 Å². The van der Waals surface area contributed by atoms with E-state index in [1.165, 1.54) is 9.80 Å². The lowest BCUT2D eigenvalue weighted by Gasteiger charge is -2.44. The van der Waals surface area contributed by atoms with E-state index in [1.54, 1.807) is 6.07 Å². The number of hydrogen-bond acceptors (Lipinski definition) is 10. The number of carbonyl (C=O) groups excluding carboxylic acids is 1. The molecule has 0 aliphatic carbocycles. The van der Waals surface area contributed by atoms with Crippen LogP contribution in [0.3, 0.4) is 0 Å². The highest BCUT2D eigenvalue weighted by Gasteiger charge is 2.41. The number of ether oxygens (including phenoxy) is 1. The number of benzene rings is 1. The molecule has 3 aliphatic rings. The van der Waals surface area contributed by atoms with Crippen LogP contribution in [0.25, 0.3) is 10.6 Å². The second kappa shape index (κ2) is 12.2. The van der Waals surface area contributed by atoms with Gasteiger partial charge in [-0.1, -0.05) is 6.92 Å². The smallest absolute Gasteiger partial charge is 0.420 e. The Morgan fingerprint density at radius 3 is 2.47 bits per heavy atom. The number of fused-ring (bicyclic) bond motifs is 1. The zero-order chi connectivity index (χ0) is 33.8. The first-order valence-electron chi connectivity index (χ1n) is 15.0. The highest BCUT2D eigenvalue weighted by Crippen LogP contribution is 2.42. The van der Waals surface area contributed by atoms with Gasteiger partial charge in [0.25, 0.3) is 5.91 Å². The number of hydrogen-bond donors (Lipinski definition) is 2. The van der Waals surface area contributed by atoms with Gasteiger partial charge in [0.05, 0.1) is 52.6 Å². The zero-order valence-electron chi connectivity index (χ0n) is 25.7. The molecule has 0 bridgehead atoms. The summed E-state index contributed by atoms with van der Waals surface area (Å²) in [6.07, 6.45) is -4.62. The van der Waals surface area contributed by atoms with Gasteiger partial charge in [-0.3, -0.25) is 9.69 Å². The highest BCUT2D eigenvalue weighted by atomic mass is 32.2. The predicted octanol–water partition coefficient (Wildman–Crippen LogP) is 4.74. The van der Waals surface area contributed by atoms with Gasteiger partial charge >= 0.3 is 12.3 Å². The minimum atomic E-state index is -4.86. The molecule has 5 heterocycles. The molecule has 0 spiro atoms. The number of alkyl halides is 3. The minimum absolute atomic E-state index is 0.0313. The van der Waals surface area contributed by atoms with Crippen molar-refractivity contribution in [2.24, 2.45) is 0 Å². The monoisotopic (exact) mass is 694 g/mol. The first kappa shape index (κ1) is 33.0. The third kappa shape index (κ3) is 6.23. The normalized spacial score (nSPS) is 21.7. The highest BCUT2D eigenvalue weighted by molar-refractivity contribution is 7.91. The molecule has 2 fully saturated rings. The van der Waals surface area contributed by atoms with Crippen LogP contribution in [0, 0.1) is 0 Å². The summed E-state index contributed by atoms with van der Waals surface area (Å²) < 4.78 is 74.1. The lowest BCUT2D eigenvalue weighted by Crippen LogP contribution is -2.58. The summed E-state index contributed by atoms with van der Waals surface area (Å²) in [5.41, 5.74) is 0.559. The number of thiophene rings is 1. The number of aryl methyl sites for hydroxylation is 1. The molecule has 1 aromatic carbocycles. The Balaban J connectivity index is 1.33. The van der Waals surface area contributed by atoms with Gasteiger partial charge in [-0.05, 0) is 50.1 Å². The van der Waals surface area contributed by atoms with Crippen LogP contribution >= 0.6 is 11.3 Å². The van der Waals surface area contributed by atoms with Gasteiger partial charge < -0.3 is 25.0 Å². The van der Waals surface area contributed by atoms with Crippen molar-refractivity contribution in [2.45, 2.75) is 56.4 Å². The fourth-order valence-electron chi connectivity index (χ4n) is 6.24. The molecule has 12 nitrogen and oxygen atoms in total. The van der Waals surface area contributed by atoms with Crippen molar-refractivity contribution in [1.82, 2.24) is 19.8 Å². The molecular formula is C30H33F3N6O6S2. The fourth-order valence-corrected chi connectivity index (χ4v) is 9.16. The maximum absolute atomic E-state index is 14.2. The molecule has 0 radical (unpaired) electrons. The molecule has 2 N–H and O–H groups in total. The van der Waals surface area contributed by atoms with Crippen molar-refractivity contribution >= 4 is 50.5 Å². The Hall–Kier alpha value is -3.96. The van der Waals surface area contributed by atoms with Gasteiger partial charge in [0.2, 0.25) is 5.95 Å². The number of anilines is 3. The molecule has 47 heavy (non-hydrogen) atoms. The number of halogens is 3. The third-order valence-electron chi connectivity index (χ3n) is 8.70. The summed E-state index contributed by atoms with van der Waals surface area (Å²) in [6.45, 7) is 7.10. The Kier molecular flexibility index (Phi) is 8.59. The van der Waals surface area contributed by atoms with Gasteiger partial charge in [-0.15, -0.1) is 11.3 Å². The number of carboxylic acid groups (broad SMARTS) is 1. The number of nitrogens with one attached hydrogen (secondary N) is 1. The molecule has 17 heteroatoms. The summed E-state index contributed by atoms with van der Waals surface area (Å²) in [5.74, 6) is -1.06. The number of aromatic nitrogens is 2. The maximum Gasteiger partial charge on any atom is 0.420 e. The lowest BCUT2D eigenvalue weighted by molar-refractivity contribution is -0.137. The third-order valence-corrected chi connectivity index (χ3v) is 11.7. The predicted molar refractivity (Wildman–Crippen MR) is 168 cm³/mol. The van der Waals surface area contributed by atoms with E-state index >= 15 is 0 Å². The van der Waals surface area contributed by atoms with E-state index in [2.05, 4.69) is 20.2 Å².